The van der Waals surface area contributed by atoms with E-state index < -0.39 is 0 Å². The second kappa shape index (κ2) is 9.85. The fourth-order valence-corrected chi connectivity index (χ4v) is 4.85. The lowest BCUT2D eigenvalue weighted by Gasteiger charge is -2.31. The summed E-state index contributed by atoms with van der Waals surface area (Å²) in [4.78, 5) is 28.6. The number of anilines is 1. The van der Waals surface area contributed by atoms with Crippen molar-refractivity contribution in [3.8, 4) is 11.5 Å². The number of rotatable bonds is 5. The van der Waals surface area contributed by atoms with Crippen molar-refractivity contribution in [1.82, 2.24) is 19.2 Å². The molecular weight excluding hydrogens is 450 g/mol. The lowest BCUT2D eigenvalue weighted by molar-refractivity contribution is -0.121. The number of aryl methyl sites for hydroxylation is 2. The average molecular weight is 482 g/mol. The third-order valence-corrected chi connectivity index (χ3v) is 7.12. The number of hydrogen-bond donors (Lipinski definition) is 1. The third kappa shape index (κ3) is 4.44. The number of aromatic nitrogens is 3. The number of amides is 2. The highest BCUT2D eigenvalue weighted by Crippen LogP contribution is 2.28. The van der Waals surface area contributed by atoms with Crippen LogP contribution in [-0.4, -0.2) is 44.2 Å². The van der Waals surface area contributed by atoms with Gasteiger partial charge in [0.05, 0.1) is 11.4 Å². The molecule has 1 N–H and O–H groups in total. The predicted molar refractivity (Wildman–Crippen MR) is 141 cm³/mol. The zero-order valence-electron chi connectivity index (χ0n) is 20.9. The Balaban J connectivity index is 1.35. The highest BCUT2D eigenvalue weighted by molar-refractivity contribution is 5.99. The molecule has 0 radical (unpaired) electrons. The van der Waals surface area contributed by atoms with Crippen LogP contribution < -0.4 is 5.32 Å². The molecule has 1 aliphatic heterocycles. The van der Waals surface area contributed by atoms with E-state index in [1.54, 1.807) is 0 Å². The van der Waals surface area contributed by atoms with Gasteiger partial charge in [-0.15, -0.1) is 0 Å². The number of carbonyl (C=O) groups is 2. The minimum atomic E-state index is -0.119. The van der Waals surface area contributed by atoms with Gasteiger partial charge in [-0.05, 0) is 75.1 Å². The maximum atomic E-state index is 13.8. The lowest BCUT2D eigenvalue weighted by Crippen LogP contribution is -2.42. The van der Waals surface area contributed by atoms with Crippen LogP contribution in [0.15, 0.2) is 73.1 Å². The number of carbonyl (C=O) groups excluding carboxylic acids is 2. The van der Waals surface area contributed by atoms with Crippen molar-refractivity contribution in [3.63, 3.8) is 0 Å². The summed E-state index contributed by atoms with van der Waals surface area (Å²) in [5.74, 6) is 0.582. The molecule has 0 unspecified atom stereocenters. The Labute approximate surface area is 211 Å². The third-order valence-electron chi connectivity index (χ3n) is 7.12. The van der Waals surface area contributed by atoms with Crippen LogP contribution in [0.1, 0.15) is 40.0 Å². The first kappa shape index (κ1) is 23.6. The summed E-state index contributed by atoms with van der Waals surface area (Å²) in [7, 11) is 0. The van der Waals surface area contributed by atoms with Crippen LogP contribution in [0.4, 0.5) is 5.69 Å². The molecule has 5 rings (SSSR count). The van der Waals surface area contributed by atoms with Crippen molar-refractivity contribution in [1.29, 1.82) is 0 Å². The lowest BCUT2D eigenvalue weighted by atomic mass is 9.95. The van der Waals surface area contributed by atoms with Crippen LogP contribution in [0, 0.1) is 26.7 Å². The van der Waals surface area contributed by atoms with Gasteiger partial charge < -0.3 is 14.8 Å². The van der Waals surface area contributed by atoms with Gasteiger partial charge >= 0.3 is 0 Å². The first-order valence-corrected chi connectivity index (χ1v) is 12.4. The van der Waals surface area contributed by atoms with Gasteiger partial charge in [-0.3, -0.25) is 9.59 Å². The summed E-state index contributed by atoms with van der Waals surface area (Å²) in [5.41, 5.74) is 5.26. The van der Waals surface area contributed by atoms with Crippen molar-refractivity contribution in [2.45, 2.75) is 33.6 Å². The molecule has 7 heteroatoms. The second-order valence-corrected chi connectivity index (χ2v) is 9.42. The number of nitrogens with one attached hydrogen (secondary N) is 1. The van der Waals surface area contributed by atoms with E-state index >= 15 is 0 Å². The highest BCUT2D eigenvalue weighted by Gasteiger charge is 2.32. The van der Waals surface area contributed by atoms with Crippen LogP contribution in [0.25, 0.3) is 11.5 Å². The Morgan fingerprint density at radius 3 is 2.28 bits per heavy atom. The van der Waals surface area contributed by atoms with Crippen LogP contribution in [0.3, 0.4) is 0 Å². The van der Waals surface area contributed by atoms with Crippen LogP contribution in [0.5, 0.6) is 0 Å². The molecule has 184 valence electrons. The van der Waals surface area contributed by atoms with E-state index in [4.69, 9.17) is 5.10 Å². The Hall–Kier alpha value is -4.13. The van der Waals surface area contributed by atoms with Crippen molar-refractivity contribution in [2.24, 2.45) is 5.92 Å². The minimum absolute atomic E-state index is 0.0249. The summed E-state index contributed by atoms with van der Waals surface area (Å²) in [5, 5.41) is 7.84. The maximum absolute atomic E-state index is 13.8. The first-order chi connectivity index (χ1) is 17.4. The van der Waals surface area contributed by atoms with E-state index in [0.29, 0.717) is 37.2 Å². The highest BCUT2D eigenvalue weighted by atomic mass is 16.2. The van der Waals surface area contributed by atoms with Gasteiger partial charge in [0.2, 0.25) is 5.91 Å². The molecule has 3 heterocycles. The summed E-state index contributed by atoms with van der Waals surface area (Å²) in [6.07, 6.45) is 5.12. The minimum Gasteiger partial charge on any atom is -0.338 e. The Kier molecular flexibility index (Phi) is 6.46. The van der Waals surface area contributed by atoms with Gasteiger partial charge in [-0.2, -0.15) is 5.10 Å². The average Bonchev–Trinajstić information content (AvgIpc) is 3.55. The molecule has 0 saturated carbocycles. The molecule has 0 aliphatic carbocycles. The van der Waals surface area contributed by atoms with Crippen molar-refractivity contribution < 1.29 is 9.59 Å². The van der Waals surface area contributed by atoms with E-state index in [1.165, 1.54) is 0 Å². The molecule has 7 nitrogen and oxygen atoms in total. The number of nitrogens with zero attached hydrogens (tertiary/aromatic N) is 4. The number of benzene rings is 2. The molecule has 4 aromatic rings. The quantitative estimate of drug-likeness (QED) is 0.432. The van der Waals surface area contributed by atoms with Crippen LogP contribution in [-0.2, 0) is 4.79 Å². The largest absolute Gasteiger partial charge is 0.338 e. The van der Waals surface area contributed by atoms with Crippen LogP contribution >= 0.6 is 0 Å². The Morgan fingerprint density at radius 2 is 1.58 bits per heavy atom. The van der Waals surface area contributed by atoms with E-state index in [0.717, 1.165) is 28.3 Å². The molecule has 1 aliphatic rings. The molecule has 0 bridgehead atoms. The molecule has 0 atom stereocenters. The van der Waals surface area contributed by atoms with Gasteiger partial charge in [-0.1, -0.05) is 30.3 Å². The first-order valence-electron chi connectivity index (χ1n) is 12.4. The zero-order chi connectivity index (χ0) is 25.2. The number of hydrogen-bond acceptors (Lipinski definition) is 3. The smallest absolute Gasteiger partial charge is 0.259 e. The van der Waals surface area contributed by atoms with Gasteiger partial charge in [0.1, 0.15) is 5.56 Å². The molecule has 36 heavy (non-hydrogen) atoms. The normalized spacial score (nSPS) is 14.1. The Morgan fingerprint density at radius 1 is 0.889 bits per heavy atom. The van der Waals surface area contributed by atoms with Gasteiger partial charge in [-0.25, -0.2) is 4.68 Å². The number of piperidine rings is 1. The monoisotopic (exact) mass is 481 g/mol. The fraction of sp³-hybridized carbons (Fsp3) is 0.276. The summed E-state index contributed by atoms with van der Waals surface area (Å²) in [6.45, 7) is 7.01. The zero-order valence-corrected chi connectivity index (χ0v) is 20.9. The molecule has 2 aromatic carbocycles. The number of para-hydroxylation sites is 1. The van der Waals surface area contributed by atoms with E-state index in [-0.39, 0.29) is 17.7 Å². The summed E-state index contributed by atoms with van der Waals surface area (Å²) >= 11 is 0. The van der Waals surface area contributed by atoms with E-state index in [9.17, 15) is 9.59 Å². The standard InChI is InChI=1S/C29H31N5O2/c1-20-10-9-13-25(21(20)2)30-27(35)23-14-18-33(19-15-23)29(36)26-22(3)31-34(24-11-5-4-6-12-24)28(26)32-16-7-8-17-32/h4-13,16-17,23H,14-15,18-19H2,1-3H3,(H,30,35). The molecule has 1 saturated heterocycles. The van der Waals surface area contributed by atoms with Crippen molar-refractivity contribution in [2.75, 3.05) is 18.4 Å². The second-order valence-electron chi connectivity index (χ2n) is 9.42. The molecule has 1 fully saturated rings. The predicted octanol–water partition coefficient (Wildman–Crippen LogP) is 5.08. The molecule has 0 spiro atoms. The van der Waals surface area contributed by atoms with Crippen molar-refractivity contribution >= 4 is 17.5 Å². The maximum Gasteiger partial charge on any atom is 0.259 e. The number of likely N-dealkylation sites (tertiary alicyclic amines) is 1. The van der Waals surface area contributed by atoms with Gasteiger partial charge in [0.15, 0.2) is 5.82 Å². The summed E-state index contributed by atoms with van der Waals surface area (Å²) < 4.78 is 3.76. The summed E-state index contributed by atoms with van der Waals surface area (Å²) in [6, 6.07) is 19.7. The van der Waals surface area contributed by atoms with Gasteiger partial charge in [0, 0.05) is 37.1 Å². The topological polar surface area (TPSA) is 72.2 Å². The van der Waals surface area contributed by atoms with Gasteiger partial charge in [0.25, 0.3) is 5.91 Å². The van der Waals surface area contributed by atoms with Crippen LogP contribution in [0.2, 0.25) is 0 Å². The fourth-order valence-electron chi connectivity index (χ4n) is 4.85. The van der Waals surface area contributed by atoms with E-state index in [1.807, 2.05) is 108 Å². The SMILES string of the molecule is Cc1cccc(NC(=O)C2CCN(C(=O)c3c(C)nn(-c4ccccc4)c3-n3cccc3)CC2)c1C. The Bertz CT molecular complexity index is 1380. The van der Waals surface area contributed by atoms with E-state index in [2.05, 4.69) is 5.32 Å². The molecular formula is C29H31N5O2. The van der Waals surface area contributed by atoms with Crippen molar-refractivity contribution in [3.05, 3.63) is 95.4 Å². The molecule has 2 amide bonds. The molecule has 2 aromatic heterocycles.